The number of aliphatic hydroxyl groups excluding tert-OH is 1. The van der Waals surface area contributed by atoms with Gasteiger partial charge in [0.25, 0.3) is 0 Å². The van der Waals surface area contributed by atoms with Crippen LogP contribution < -0.4 is 0 Å². The van der Waals surface area contributed by atoms with Gasteiger partial charge in [-0.2, -0.15) is 0 Å². The lowest BCUT2D eigenvalue weighted by Crippen LogP contribution is -2.37. The fraction of sp³-hybridized carbons (Fsp3) is 0.533. The molecule has 1 aromatic rings. The number of ether oxygens (including phenoxy) is 1. The maximum absolute atomic E-state index is 12.2. The normalized spacial score (nSPS) is 22.9. The highest BCUT2D eigenvalue weighted by Crippen LogP contribution is 2.33. The highest BCUT2D eigenvalue weighted by molar-refractivity contribution is 9.10. The van der Waals surface area contributed by atoms with Crippen LogP contribution in [0.4, 0.5) is 4.79 Å². The third-order valence-corrected chi connectivity index (χ3v) is 3.69. The molecule has 1 heterocycles. The number of aliphatic hydroxyl groups is 1. The number of amides is 1. The van der Waals surface area contributed by atoms with Crippen molar-refractivity contribution in [3.05, 3.63) is 34.3 Å². The molecule has 1 amide bonds. The van der Waals surface area contributed by atoms with E-state index < -0.39 is 11.7 Å². The molecule has 1 aromatic carbocycles. The molecule has 1 N–H and O–H groups in total. The number of carbonyl (C=O) groups excluding carboxylic acids is 1. The quantitative estimate of drug-likeness (QED) is 0.850. The zero-order valence-corrected chi connectivity index (χ0v) is 13.6. The number of likely N-dealkylation sites (tertiary alicyclic amines) is 1. The molecule has 4 nitrogen and oxygen atoms in total. The minimum Gasteiger partial charge on any atom is -0.444 e. The number of halogens is 1. The molecule has 0 bridgehead atoms. The van der Waals surface area contributed by atoms with Gasteiger partial charge >= 0.3 is 6.09 Å². The van der Waals surface area contributed by atoms with E-state index in [1.165, 1.54) is 0 Å². The van der Waals surface area contributed by atoms with Crippen molar-refractivity contribution in [3.63, 3.8) is 0 Å². The highest BCUT2D eigenvalue weighted by atomic mass is 79.9. The first-order chi connectivity index (χ1) is 9.26. The third kappa shape index (κ3) is 3.73. The van der Waals surface area contributed by atoms with Crippen LogP contribution in [0.25, 0.3) is 0 Å². The summed E-state index contributed by atoms with van der Waals surface area (Å²) in [6.07, 6.45) is -0.334. The van der Waals surface area contributed by atoms with Crippen molar-refractivity contribution in [1.29, 1.82) is 0 Å². The predicted octanol–water partition coefficient (Wildman–Crippen LogP) is 3.49. The van der Waals surface area contributed by atoms with E-state index in [9.17, 15) is 9.90 Å². The second kappa shape index (κ2) is 5.74. The first kappa shape index (κ1) is 15.3. The van der Waals surface area contributed by atoms with Gasteiger partial charge in [0.05, 0.1) is 18.7 Å². The number of β-amino-alcohol motifs (C(OH)–C–C–N with tert-alkyl or cyclic N) is 1. The number of rotatable bonds is 1. The lowest BCUT2D eigenvalue weighted by Gasteiger charge is -2.28. The molecule has 1 saturated heterocycles. The SMILES string of the molecule is CC(C)(C)OC(=O)N1C[C@H](O)C[C@@H]1c1ccc(Br)cc1. The monoisotopic (exact) mass is 341 g/mol. The summed E-state index contributed by atoms with van der Waals surface area (Å²) >= 11 is 3.40. The topological polar surface area (TPSA) is 49.8 Å². The van der Waals surface area contributed by atoms with Gasteiger partial charge in [-0.15, -0.1) is 0 Å². The Labute approximate surface area is 127 Å². The lowest BCUT2D eigenvalue weighted by molar-refractivity contribution is 0.0206. The molecule has 0 aliphatic carbocycles. The van der Waals surface area contributed by atoms with Crippen molar-refractivity contribution in [1.82, 2.24) is 4.90 Å². The summed E-state index contributed by atoms with van der Waals surface area (Å²) in [7, 11) is 0. The fourth-order valence-electron chi connectivity index (χ4n) is 2.34. The van der Waals surface area contributed by atoms with Gasteiger partial charge in [-0.1, -0.05) is 28.1 Å². The summed E-state index contributed by atoms with van der Waals surface area (Å²) in [5.74, 6) is 0. The average Bonchev–Trinajstić information content (AvgIpc) is 2.70. The first-order valence-electron chi connectivity index (χ1n) is 6.69. The van der Waals surface area contributed by atoms with Crippen molar-refractivity contribution in [2.75, 3.05) is 6.54 Å². The van der Waals surface area contributed by atoms with E-state index in [1.807, 2.05) is 45.0 Å². The van der Waals surface area contributed by atoms with E-state index in [-0.39, 0.29) is 12.1 Å². The van der Waals surface area contributed by atoms with Crippen molar-refractivity contribution in [2.24, 2.45) is 0 Å². The summed E-state index contributed by atoms with van der Waals surface area (Å²) in [6, 6.07) is 7.67. The van der Waals surface area contributed by atoms with Gasteiger partial charge in [0.1, 0.15) is 5.60 Å². The lowest BCUT2D eigenvalue weighted by atomic mass is 10.0. The van der Waals surface area contributed by atoms with Gasteiger partial charge in [0.2, 0.25) is 0 Å². The van der Waals surface area contributed by atoms with Crippen molar-refractivity contribution in [3.8, 4) is 0 Å². The molecule has 110 valence electrons. The van der Waals surface area contributed by atoms with E-state index in [1.54, 1.807) is 4.90 Å². The van der Waals surface area contributed by atoms with E-state index in [0.717, 1.165) is 10.0 Å². The number of carbonyl (C=O) groups is 1. The van der Waals surface area contributed by atoms with Gasteiger partial charge in [-0.3, -0.25) is 4.90 Å². The van der Waals surface area contributed by atoms with Crippen molar-refractivity contribution in [2.45, 2.75) is 44.9 Å². The largest absolute Gasteiger partial charge is 0.444 e. The molecule has 0 spiro atoms. The Morgan fingerprint density at radius 2 is 1.95 bits per heavy atom. The summed E-state index contributed by atoms with van der Waals surface area (Å²) in [4.78, 5) is 13.9. The highest BCUT2D eigenvalue weighted by Gasteiger charge is 2.37. The van der Waals surface area contributed by atoms with Crippen molar-refractivity contribution < 1.29 is 14.6 Å². The summed E-state index contributed by atoms with van der Waals surface area (Å²) in [6.45, 7) is 5.83. The predicted molar refractivity (Wildman–Crippen MR) is 80.4 cm³/mol. The molecule has 0 aromatic heterocycles. The Kier molecular flexibility index (Phi) is 4.39. The number of nitrogens with zero attached hydrogens (tertiary/aromatic N) is 1. The fourth-order valence-corrected chi connectivity index (χ4v) is 2.60. The molecule has 1 aliphatic rings. The van der Waals surface area contributed by atoms with Crippen LogP contribution in [0.1, 0.15) is 38.8 Å². The molecule has 20 heavy (non-hydrogen) atoms. The van der Waals surface area contributed by atoms with Gasteiger partial charge in [0, 0.05) is 4.47 Å². The molecule has 0 unspecified atom stereocenters. The molecule has 1 fully saturated rings. The number of hydrogen-bond acceptors (Lipinski definition) is 3. The van der Waals surface area contributed by atoms with Crippen LogP contribution in [-0.4, -0.2) is 34.3 Å². The zero-order valence-electron chi connectivity index (χ0n) is 12.0. The Morgan fingerprint density at radius 3 is 2.50 bits per heavy atom. The van der Waals surface area contributed by atoms with E-state index in [4.69, 9.17) is 4.74 Å². The molecular weight excluding hydrogens is 322 g/mol. The third-order valence-electron chi connectivity index (χ3n) is 3.16. The molecule has 2 atom stereocenters. The number of benzene rings is 1. The minimum atomic E-state index is -0.533. The van der Waals surface area contributed by atoms with Gasteiger partial charge in [-0.05, 0) is 44.9 Å². The smallest absolute Gasteiger partial charge is 0.410 e. The Morgan fingerprint density at radius 1 is 1.35 bits per heavy atom. The van der Waals surface area contributed by atoms with Crippen LogP contribution in [0.3, 0.4) is 0 Å². The van der Waals surface area contributed by atoms with Crippen LogP contribution in [-0.2, 0) is 4.74 Å². The second-order valence-corrected chi connectivity index (χ2v) is 7.01. The average molecular weight is 342 g/mol. The molecule has 2 rings (SSSR count). The van der Waals surface area contributed by atoms with E-state index >= 15 is 0 Å². The maximum Gasteiger partial charge on any atom is 0.410 e. The zero-order chi connectivity index (χ0) is 14.9. The molecule has 0 radical (unpaired) electrons. The van der Waals surface area contributed by atoms with E-state index in [0.29, 0.717) is 13.0 Å². The van der Waals surface area contributed by atoms with Crippen LogP contribution >= 0.6 is 15.9 Å². The summed E-state index contributed by atoms with van der Waals surface area (Å²) < 4.78 is 6.40. The number of hydrogen-bond donors (Lipinski definition) is 1. The Balaban J connectivity index is 2.18. The Hall–Kier alpha value is -1.07. The van der Waals surface area contributed by atoms with Gasteiger partial charge in [0.15, 0.2) is 0 Å². The van der Waals surface area contributed by atoms with Gasteiger partial charge in [-0.25, -0.2) is 4.79 Å². The summed E-state index contributed by atoms with van der Waals surface area (Å²) in [5, 5.41) is 9.87. The molecule has 5 heteroatoms. The van der Waals surface area contributed by atoms with Crippen LogP contribution in [0.2, 0.25) is 0 Å². The summed E-state index contributed by atoms with van der Waals surface area (Å²) in [5.41, 5.74) is 0.477. The molecule has 0 saturated carbocycles. The minimum absolute atomic E-state index is 0.132. The van der Waals surface area contributed by atoms with Crippen LogP contribution in [0, 0.1) is 0 Å². The van der Waals surface area contributed by atoms with E-state index in [2.05, 4.69) is 15.9 Å². The standard InChI is InChI=1S/C15H20BrNO3/c1-15(2,3)20-14(19)17-9-12(18)8-13(17)10-4-6-11(16)7-5-10/h4-7,12-13,18H,8-9H2,1-3H3/t12-,13-/m1/s1. The molecular formula is C15H20BrNO3. The first-order valence-corrected chi connectivity index (χ1v) is 7.49. The van der Waals surface area contributed by atoms with Crippen LogP contribution in [0.5, 0.6) is 0 Å². The maximum atomic E-state index is 12.2. The van der Waals surface area contributed by atoms with Crippen molar-refractivity contribution >= 4 is 22.0 Å². The van der Waals surface area contributed by atoms with Crippen LogP contribution in [0.15, 0.2) is 28.7 Å². The molecule has 1 aliphatic heterocycles. The Bertz CT molecular complexity index is 481. The second-order valence-electron chi connectivity index (χ2n) is 6.09. The van der Waals surface area contributed by atoms with Gasteiger partial charge < -0.3 is 9.84 Å².